The summed E-state index contributed by atoms with van der Waals surface area (Å²) in [6.45, 7) is 7.67. The van der Waals surface area contributed by atoms with Crippen LogP contribution in [0.2, 0.25) is 0 Å². The molecule has 1 aliphatic carbocycles. The maximum atomic E-state index is 4.70. The number of rotatable bonds is 7. The van der Waals surface area contributed by atoms with Crippen molar-refractivity contribution >= 4 is 0 Å². The van der Waals surface area contributed by atoms with Gasteiger partial charge in [-0.05, 0) is 44.6 Å². The highest BCUT2D eigenvalue weighted by molar-refractivity contribution is 5.03. The summed E-state index contributed by atoms with van der Waals surface area (Å²) in [4.78, 5) is 0. The lowest BCUT2D eigenvalue weighted by atomic mass is 9.75. The zero-order chi connectivity index (χ0) is 13.0. The molecule has 1 aromatic rings. The summed E-state index contributed by atoms with van der Waals surface area (Å²) in [6.07, 6.45) is 9.72. The minimum Gasteiger partial charge on any atom is -0.306 e. The SMILES string of the molecule is CCC(CC)n1ccc(CNC2(CC)CCC2)n1. The quantitative estimate of drug-likeness (QED) is 0.799. The predicted octanol–water partition coefficient (Wildman–Crippen LogP) is 3.67. The zero-order valence-electron chi connectivity index (χ0n) is 12.1. The molecule has 1 aliphatic rings. The van der Waals surface area contributed by atoms with Crippen LogP contribution in [0.25, 0.3) is 0 Å². The second kappa shape index (κ2) is 5.87. The van der Waals surface area contributed by atoms with Crippen molar-refractivity contribution in [3.05, 3.63) is 18.0 Å². The van der Waals surface area contributed by atoms with Gasteiger partial charge in [0.15, 0.2) is 0 Å². The molecule has 1 fully saturated rings. The smallest absolute Gasteiger partial charge is 0.0762 e. The van der Waals surface area contributed by atoms with E-state index in [1.54, 1.807) is 0 Å². The molecule has 102 valence electrons. The Morgan fingerprint density at radius 1 is 1.33 bits per heavy atom. The highest BCUT2D eigenvalue weighted by atomic mass is 15.3. The molecular formula is C15H27N3. The third kappa shape index (κ3) is 2.77. The lowest BCUT2D eigenvalue weighted by Crippen LogP contribution is -2.49. The molecule has 3 heteroatoms. The van der Waals surface area contributed by atoms with Crippen LogP contribution in [0.3, 0.4) is 0 Å². The molecular weight excluding hydrogens is 222 g/mol. The van der Waals surface area contributed by atoms with E-state index < -0.39 is 0 Å². The summed E-state index contributed by atoms with van der Waals surface area (Å²) in [5.74, 6) is 0. The minimum atomic E-state index is 0.415. The first-order chi connectivity index (χ1) is 8.73. The standard InChI is InChI=1S/C15H27N3/c1-4-14(5-2)18-11-8-13(17-18)12-16-15(6-3)9-7-10-15/h8,11,14,16H,4-7,9-10,12H2,1-3H3. The van der Waals surface area contributed by atoms with Crippen LogP contribution in [0.1, 0.15) is 71.0 Å². The summed E-state index contributed by atoms with van der Waals surface area (Å²) >= 11 is 0. The van der Waals surface area contributed by atoms with Gasteiger partial charge in [-0.25, -0.2) is 0 Å². The van der Waals surface area contributed by atoms with E-state index in [2.05, 4.69) is 43.0 Å². The Bertz CT molecular complexity index is 356. The van der Waals surface area contributed by atoms with Gasteiger partial charge in [0, 0.05) is 18.3 Å². The molecule has 1 aromatic heterocycles. The molecule has 0 amide bonds. The lowest BCUT2D eigenvalue weighted by Gasteiger charge is -2.42. The molecule has 0 aromatic carbocycles. The minimum absolute atomic E-state index is 0.415. The van der Waals surface area contributed by atoms with Gasteiger partial charge in [0.25, 0.3) is 0 Å². The fraction of sp³-hybridized carbons (Fsp3) is 0.800. The fourth-order valence-corrected chi connectivity index (χ4v) is 2.87. The molecule has 0 spiro atoms. The molecule has 0 aliphatic heterocycles. The molecule has 1 saturated carbocycles. The summed E-state index contributed by atoms with van der Waals surface area (Å²) < 4.78 is 2.14. The van der Waals surface area contributed by atoms with Crippen LogP contribution in [0.4, 0.5) is 0 Å². The van der Waals surface area contributed by atoms with Crippen LogP contribution in [0.5, 0.6) is 0 Å². The van der Waals surface area contributed by atoms with Crippen LogP contribution >= 0.6 is 0 Å². The maximum Gasteiger partial charge on any atom is 0.0762 e. The van der Waals surface area contributed by atoms with Crippen LogP contribution in [0.15, 0.2) is 12.3 Å². The molecule has 0 bridgehead atoms. The maximum absolute atomic E-state index is 4.70. The highest BCUT2D eigenvalue weighted by Gasteiger charge is 2.34. The third-order valence-corrected chi connectivity index (χ3v) is 4.61. The van der Waals surface area contributed by atoms with Crippen LogP contribution in [-0.4, -0.2) is 15.3 Å². The van der Waals surface area contributed by atoms with Crippen molar-refractivity contribution < 1.29 is 0 Å². The Kier molecular flexibility index (Phi) is 4.44. The van der Waals surface area contributed by atoms with E-state index in [0.717, 1.165) is 19.4 Å². The van der Waals surface area contributed by atoms with Crippen LogP contribution < -0.4 is 5.32 Å². The molecule has 0 unspecified atom stereocenters. The summed E-state index contributed by atoms with van der Waals surface area (Å²) in [5.41, 5.74) is 1.60. The second-order valence-electron chi connectivity index (χ2n) is 5.60. The predicted molar refractivity (Wildman–Crippen MR) is 75.6 cm³/mol. The van der Waals surface area contributed by atoms with Crippen molar-refractivity contribution in [1.82, 2.24) is 15.1 Å². The third-order valence-electron chi connectivity index (χ3n) is 4.61. The average Bonchev–Trinajstić information content (AvgIpc) is 2.79. The number of hydrogen-bond donors (Lipinski definition) is 1. The Morgan fingerprint density at radius 2 is 2.06 bits per heavy atom. The second-order valence-corrected chi connectivity index (χ2v) is 5.60. The van der Waals surface area contributed by atoms with Gasteiger partial charge in [-0.3, -0.25) is 4.68 Å². The van der Waals surface area contributed by atoms with Gasteiger partial charge in [-0.15, -0.1) is 0 Å². The summed E-state index contributed by atoms with van der Waals surface area (Å²) in [7, 11) is 0. The Hall–Kier alpha value is -0.830. The number of aromatic nitrogens is 2. The monoisotopic (exact) mass is 249 g/mol. The fourth-order valence-electron chi connectivity index (χ4n) is 2.87. The highest BCUT2D eigenvalue weighted by Crippen LogP contribution is 2.34. The Morgan fingerprint density at radius 3 is 2.56 bits per heavy atom. The van der Waals surface area contributed by atoms with E-state index >= 15 is 0 Å². The van der Waals surface area contributed by atoms with Crippen molar-refractivity contribution in [1.29, 1.82) is 0 Å². The molecule has 1 N–H and O–H groups in total. The Labute approximate surface area is 111 Å². The molecule has 0 radical (unpaired) electrons. The molecule has 1 heterocycles. The molecule has 0 atom stereocenters. The van der Waals surface area contributed by atoms with Crippen molar-refractivity contribution in [3.8, 4) is 0 Å². The van der Waals surface area contributed by atoms with Gasteiger partial charge in [-0.2, -0.15) is 5.10 Å². The first-order valence-electron chi connectivity index (χ1n) is 7.52. The van der Waals surface area contributed by atoms with E-state index in [9.17, 15) is 0 Å². The van der Waals surface area contributed by atoms with Gasteiger partial charge in [0.1, 0.15) is 0 Å². The first-order valence-corrected chi connectivity index (χ1v) is 7.52. The van der Waals surface area contributed by atoms with Crippen LogP contribution in [0, 0.1) is 0 Å². The van der Waals surface area contributed by atoms with Crippen molar-refractivity contribution in [2.75, 3.05) is 0 Å². The molecule has 2 rings (SSSR count). The van der Waals surface area contributed by atoms with Gasteiger partial charge in [0.2, 0.25) is 0 Å². The normalized spacial score (nSPS) is 18.0. The van der Waals surface area contributed by atoms with E-state index in [1.165, 1.54) is 31.4 Å². The van der Waals surface area contributed by atoms with E-state index in [-0.39, 0.29) is 0 Å². The van der Waals surface area contributed by atoms with Crippen molar-refractivity contribution in [3.63, 3.8) is 0 Å². The number of nitrogens with one attached hydrogen (secondary N) is 1. The zero-order valence-corrected chi connectivity index (χ0v) is 12.1. The van der Waals surface area contributed by atoms with Gasteiger partial charge in [0.05, 0.1) is 11.7 Å². The van der Waals surface area contributed by atoms with Crippen molar-refractivity contribution in [2.45, 2.75) is 77.4 Å². The topological polar surface area (TPSA) is 29.9 Å². The number of hydrogen-bond acceptors (Lipinski definition) is 2. The van der Waals surface area contributed by atoms with E-state index in [0.29, 0.717) is 11.6 Å². The van der Waals surface area contributed by atoms with E-state index in [1.807, 2.05) is 0 Å². The Balaban J connectivity index is 1.90. The lowest BCUT2D eigenvalue weighted by molar-refractivity contribution is 0.174. The van der Waals surface area contributed by atoms with Gasteiger partial charge in [-0.1, -0.05) is 20.8 Å². The van der Waals surface area contributed by atoms with Crippen LogP contribution in [-0.2, 0) is 6.54 Å². The average molecular weight is 249 g/mol. The molecule has 0 saturated heterocycles. The number of nitrogens with zero attached hydrogens (tertiary/aromatic N) is 2. The molecule has 18 heavy (non-hydrogen) atoms. The summed E-state index contributed by atoms with van der Waals surface area (Å²) in [5, 5.41) is 8.41. The molecule has 3 nitrogen and oxygen atoms in total. The van der Waals surface area contributed by atoms with Gasteiger partial charge < -0.3 is 5.32 Å². The van der Waals surface area contributed by atoms with Gasteiger partial charge >= 0.3 is 0 Å². The first kappa shape index (κ1) is 13.6. The summed E-state index contributed by atoms with van der Waals surface area (Å²) in [6, 6.07) is 2.72. The van der Waals surface area contributed by atoms with Crippen molar-refractivity contribution in [2.24, 2.45) is 0 Å². The largest absolute Gasteiger partial charge is 0.306 e. The van der Waals surface area contributed by atoms with E-state index in [4.69, 9.17) is 5.10 Å².